The van der Waals surface area contributed by atoms with Crippen molar-refractivity contribution in [1.82, 2.24) is 14.7 Å². The average Bonchev–Trinajstić information content (AvgIpc) is 3.87. The Morgan fingerprint density at radius 3 is 2.30 bits per heavy atom. The van der Waals surface area contributed by atoms with Crippen LogP contribution >= 0.6 is 0 Å². The number of benzene rings is 2. The van der Waals surface area contributed by atoms with Gasteiger partial charge < -0.3 is 29.1 Å². The molecule has 1 heterocycles. The van der Waals surface area contributed by atoms with Crippen molar-refractivity contribution in [3.8, 4) is 11.5 Å². The smallest absolute Gasteiger partial charge is 0.407 e. The second-order valence-corrected chi connectivity index (χ2v) is 12.0. The maximum atomic E-state index is 13.9. The van der Waals surface area contributed by atoms with Gasteiger partial charge in [-0.2, -0.15) is 0 Å². The third-order valence-electron chi connectivity index (χ3n) is 8.53. The fourth-order valence-corrected chi connectivity index (χ4v) is 6.09. The zero-order valence-corrected chi connectivity index (χ0v) is 26.4. The van der Waals surface area contributed by atoms with Gasteiger partial charge in [-0.05, 0) is 64.2 Å². The lowest BCUT2D eigenvalue weighted by molar-refractivity contribution is 0.0304. The van der Waals surface area contributed by atoms with E-state index in [-0.39, 0.29) is 36.4 Å². The lowest BCUT2D eigenvalue weighted by Gasteiger charge is -2.44. The molecular weight excluding hydrogens is 562 g/mol. The molecule has 1 saturated carbocycles. The van der Waals surface area contributed by atoms with Gasteiger partial charge in [0.05, 0.1) is 26.3 Å². The number of hydrogen-bond acceptors (Lipinski definition) is 7. The highest BCUT2D eigenvalue weighted by Crippen LogP contribution is 2.32. The van der Waals surface area contributed by atoms with Crippen molar-refractivity contribution in [3.63, 3.8) is 0 Å². The highest BCUT2D eigenvalue weighted by molar-refractivity contribution is 5.97. The molecular formula is C34H47N3O7. The molecule has 0 aromatic heterocycles. The third-order valence-corrected chi connectivity index (χ3v) is 8.53. The molecule has 10 nitrogen and oxygen atoms in total. The quantitative estimate of drug-likeness (QED) is 0.204. The van der Waals surface area contributed by atoms with E-state index in [1.807, 2.05) is 44.2 Å². The monoisotopic (exact) mass is 609 g/mol. The number of hydrogen-bond donors (Lipinski definition) is 1. The van der Waals surface area contributed by atoms with Crippen LogP contribution in [0.3, 0.4) is 0 Å². The molecule has 2 aromatic rings. The predicted molar refractivity (Wildman–Crippen MR) is 168 cm³/mol. The number of piperidine rings is 1. The molecule has 0 bridgehead atoms. The van der Waals surface area contributed by atoms with Crippen LogP contribution in [-0.2, 0) is 4.74 Å². The van der Waals surface area contributed by atoms with Crippen molar-refractivity contribution in [3.05, 3.63) is 59.7 Å². The molecule has 240 valence electrons. The molecule has 1 N–H and O–H groups in total. The summed E-state index contributed by atoms with van der Waals surface area (Å²) in [6.07, 6.45) is 3.84. The van der Waals surface area contributed by atoms with Crippen LogP contribution in [0, 0.1) is 0 Å². The number of likely N-dealkylation sites (tertiary alicyclic amines) is 1. The van der Waals surface area contributed by atoms with Gasteiger partial charge in [0.25, 0.3) is 5.91 Å². The molecule has 2 aliphatic rings. The van der Waals surface area contributed by atoms with E-state index < -0.39 is 6.09 Å². The number of methoxy groups -OCH3 is 2. The molecule has 0 radical (unpaired) electrons. The Bertz CT molecular complexity index is 1250. The van der Waals surface area contributed by atoms with Gasteiger partial charge in [-0.15, -0.1) is 0 Å². The van der Waals surface area contributed by atoms with Crippen molar-refractivity contribution in [1.29, 1.82) is 0 Å². The highest BCUT2D eigenvalue weighted by atomic mass is 16.5. The Balaban J connectivity index is 1.42. The van der Waals surface area contributed by atoms with Crippen LogP contribution in [-0.4, -0.2) is 109 Å². The highest BCUT2D eigenvalue weighted by Gasteiger charge is 2.38. The summed E-state index contributed by atoms with van der Waals surface area (Å²) in [5.74, 6) is 0.945. The van der Waals surface area contributed by atoms with E-state index >= 15 is 0 Å². The van der Waals surface area contributed by atoms with Crippen molar-refractivity contribution in [2.45, 2.75) is 76.5 Å². The number of nitrogens with zero attached hydrogens (tertiary/aromatic N) is 3. The van der Waals surface area contributed by atoms with Crippen molar-refractivity contribution >= 4 is 17.8 Å². The van der Waals surface area contributed by atoms with Gasteiger partial charge in [-0.1, -0.05) is 30.3 Å². The van der Waals surface area contributed by atoms with Crippen molar-refractivity contribution in [2.24, 2.45) is 0 Å². The summed E-state index contributed by atoms with van der Waals surface area (Å²) in [6, 6.07) is 14.3. The molecule has 1 saturated heterocycles. The van der Waals surface area contributed by atoms with E-state index in [1.165, 1.54) is 4.90 Å². The van der Waals surface area contributed by atoms with Gasteiger partial charge in [0.1, 0.15) is 0 Å². The maximum Gasteiger partial charge on any atom is 0.407 e. The molecule has 2 atom stereocenters. The first kappa shape index (κ1) is 33.3. The summed E-state index contributed by atoms with van der Waals surface area (Å²) < 4.78 is 16.4. The van der Waals surface area contributed by atoms with E-state index in [1.54, 1.807) is 37.3 Å². The molecule has 1 aliphatic heterocycles. The molecule has 0 unspecified atom stereocenters. The first-order chi connectivity index (χ1) is 21.2. The third kappa shape index (κ3) is 8.72. The fourth-order valence-electron chi connectivity index (χ4n) is 6.09. The summed E-state index contributed by atoms with van der Waals surface area (Å²) in [4.78, 5) is 44.8. The van der Waals surface area contributed by atoms with E-state index in [2.05, 4.69) is 4.90 Å². The SMILES string of the molecule is COCCCOc1cc(C(=O)N(C(C)C)[C@@H]2CC[C@@H](CCN(CC(=O)c3ccccc3)C3CC3)N(C(=O)O)C2)ccc1OC. The second-order valence-electron chi connectivity index (χ2n) is 12.0. The molecule has 44 heavy (non-hydrogen) atoms. The number of rotatable bonds is 16. The Hall–Kier alpha value is -3.63. The summed E-state index contributed by atoms with van der Waals surface area (Å²) in [7, 11) is 3.20. The van der Waals surface area contributed by atoms with Gasteiger partial charge in [-0.25, -0.2) is 4.79 Å². The van der Waals surface area contributed by atoms with Gasteiger partial charge in [0.15, 0.2) is 17.3 Å². The average molecular weight is 610 g/mol. The first-order valence-corrected chi connectivity index (χ1v) is 15.7. The molecule has 0 spiro atoms. The number of amides is 2. The summed E-state index contributed by atoms with van der Waals surface area (Å²) in [5.41, 5.74) is 1.17. The van der Waals surface area contributed by atoms with E-state index in [0.717, 1.165) is 12.8 Å². The molecule has 2 aromatic carbocycles. The number of ether oxygens (including phenoxy) is 3. The minimum atomic E-state index is -0.981. The van der Waals surface area contributed by atoms with Gasteiger partial charge in [0.2, 0.25) is 0 Å². The van der Waals surface area contributed by atoms with Gasteiger partial charge in [0, 0.05) is 62.5 Å². The van der Waals surface area contributed by atoms with Crippen LogP contribution < -0.4 is 9.47 Å². The van der Waals surface area contributed by atoms with Crippen LogP contribution in [0.4, 0.5) is 4.79 Å². The normalized spacial score (nSPS) is 18.4. The van der Waals surface area contributed by atoms with E-state index in [4.69, 9.17) is 14.2 Å². The summed E-state index contributed by atoms with van der Waals surface area (Å²) >= 11 is 0. The zero-order valence-electron chi connectivity index (χ0n) is 26.4. The van der Waals surface area contributed by atoms with Crippen LogP contribution in [0.5, 0.6) is 11.5 Å². The number of carbonyl (C=O) groups excluding carboxylic acids is 2. The number of ketones is 1. The standard InChI is InChI=1S/C34H47N3O7/c1-24(2)37(33(39)26-11-16-31(43-4)32(21-26)44-20-8-19-42-3)29-15-14-28(36(22-29)34(40)41)17-18-35(27-12-13-27)23-30(38)25-9-6-5-7-10-25/h5-7,9-11,16,21,24,27-29H,8,12-15,17-20,22-23H2,1-4H3,(H,40,41)/t28-,29+/m0/s1. The second kappa shape index (κ2) is 15.9. The maximum absolute atomic E-state index is 13.9. The molecule has 2 fully saturated rings. The Labute approximate surface area is 260 Å². The van der Waals surface area contributed by atoms with Crippen molar-refractivity contribution < 1.29 is 33.7 Å². The predicted octanol–water partition coefficient (Wildman–Crippen LogP) is 5.21. The Morgan fingerprint density at radius 1 is 0.932 bits per heavy atom. The largest absolute Gasteiger partial charge is 0.493 e. The summed E-state index contributed by atoms with van der Waals surface area (Å²) in [5, 5.41) is 10.2. The van der Waals surface area contributed by atoms with Crippen molar-refractivity contribution in [2.75, 3.05) is 47.1 Å². The number of Topliss-reactive ketones (excluding diaryl/α,β-unsaturated/α-hetero) is 1. The minimum Gasteiger partial charge on any atom is -0.493 e. The molecule has 1 aliphatic carbocycles. The Morgan fingerprint density at radius 2 is 1.66 bits per heavy atom. The number of carboxylic acid groups (broad SMARTS) is 1. The van der Waals surface area contributed by atoms with Gasteiger partial charge >= 0.3 is 6.09 Å². The van der Waals surface area contributed by atoms with E-state index in [0.29, 0.717) is 80.7 Å². The van der Waals surface area contributed by atoms with Crippen LogP contribution in [0.15, 0.2) is 48.5 Å². The molecule has 2 amide bonds. The minimum absolute atomic E-state index is 0.0875. The lowest BCUT2D eigenvalue weighted by atomic mass is 9.93. The Kier molecular flexibility index (Phi) is 12.0. The molecule has 4 rings (SSSR count). The topological polar surface area (TPSA) is 109 Å². The van der Waals surface area contributed by atoms with Crippen LogP contribution in [0.2, 0.25) is 0 Å². The van der Waals surface area contributed by atoms with Gasteiger partial charge in [-0.3, -0.25) is 14.5 Å². The fraction of sp³-hybridized carbons (Fsp3) is 0.559. The summed E-state index contributed by atoms with van der Waals surface area (Å²) in [6.45, 7) is 6.14. The van der Waals surface area contributed by atoms with Crippen LogP contribution in [0.25, 0.3) is 0 Å². The number of carbonyl (C=O) groups is 3. The zero-order chi connectivity index (χ0) is 31.6. The molecule has 10 heteroatoms. The first-order valence-electron chi connectivity index (χ1n) is 15.7. The lowest BCUT2D eigenvalue weighted by Crippen LogP contribution is -2.57. The van der Waals surface area contributed by atoms with E-state index in [9.17, 15) is 19.5 Å². The van der Waals surface area contributed by atoms with Crippen LogP contribution in [0.1, 0.15) is 73.1 Å².